The molecular formula is C20H29NO3. The van der Waals surface area contributed by atoms with Crippen LogP contribution in [0.4, 0.5) is 4.79 Å². The Morgan fingerprint density at radius 3 is 2.38 bits per heavy atom. The van der Waals surface area contributed by atoms with Gasteiger partial charge in [-0.05, 0) is 62.0 Å². The fraction of sp³-hybridized carbons (Fsp3) is 0.550. The minimum Gasteiger partial charge on any atom is -0.497 e. The van der Waals surface area contributed by atoms with E-state index in [1.54, 1.807) is 7.11 Å². The number of ether oxygens (including phenoxy) is 2. The van der Waals surface area contributed by atoms with Crippen LogP contribution in [0, 0.1) is 5.92 Å². The zero-order valence-electron chi connectivity index (χ0n) is 15.7. The number of methoxy groups -OCH3 is 1. The second kappa shape index (κ2) is 7.29. The SMILES string of the molecule is CCC1=C(c2ccc(OC)cc2)C(C)CN(C(=O)OC(C)(C)C)C1. The number of rotatable bonds is 3. The zero-order valence-corrected chi connectivity index (χ0v) is 15.7. The van der Waals surface area contributed by atoms with Crippen molar-refractivity contribution in [2.24, 2.45) is 5.92 Å². The first-order valence-corrected chi connectivity index (χ1v) is 8.59. The van der Waals surface area contributed by atoms with Crippen LogP contribution < -0.4 is 4.74 Å². The Hall–Kier alpha value is -1.97. The van der Waals surface area contributed by atoms with Gasteiger partial charge >= 0.3 is 6.09 Å². The van der Waals surface area contributed by atoms with E-state index >= 15 is 0 Å². The summed E-state index contributed by atoms with van der Waals surface area (Å²) in [6.45, 7) is 11.3. The van der Waals surface area contributed by atoms with Crippen molar-refractivity contribution in [3.05, 3.63) is 35.4 Å². The molecule has 1 atom stereocenters. The molecule has 0 N–H and O–H groups in total. The van der Waals surface area contributed by atoms with Gasteiger partial charge in [0, 0.05) is 13.1 Å². The lowest BCUT2D eigenvalue weighted by Crippen LogP contribution is -2.43. The normalized spacial score (nSPS) is 18.6. The number of benzene rings is 1. The largest absolute Gasteiger partial charge is 0.497 e. The molecule has 1 aliphatic rings. The monoisotopic (exact) mass is 331 g/mol. The molecule has 132 valence electrons. The smallest absolute Gasteiger partial charge is 0.410 e. The second-order valence-electron chi connectivity index (χ2n) is 7.36. The van der Waals surface area contributed by atoms with Gasteiger partial charge in [0.2, 0.25) is 0 Å². The third kappa shape index (κ3) is 4.31. The Kier molecular flexibility index (Phi) is 5.58. The molecule has 1 aliphatic heterocycles. The molecule has 1 unspecified atom stereocenters. The van der Waals surface area contributed by atoms with E-state index < -0.39 is 5.60 Å². The maximum absolute atomic E-state index is 12.4. The fourth-order valence-electron chi connectivity index (χ4n) is 3.18. The highest BCUT2D eigenvalue weighted by molar-refractivity contribution is 5.76. The zero-order chi connectivity index (χ0) is 17.9. The number of hydrogen-bond acceptors (Lipinski definition) is 3. The molecule has 0 saturated carbocycles. The molecule has 1 aromatic carbocycles. The second-order valence-corrected chi connectivity index (χ2v) is 7.36. The van der Waals surface area contributed by atoms with Crippen molar-refractivity contribution in [3.63, 3.8) is 0 Å². The lowest BCUT2D eigenvalue weighted by molar-refractivity contribution is 0.0244. The van der Waals surface area contributed by atoms with Gasteiger partial charge in [-0.2, -0.15) is 0 Å². The summed E-state index contributed by atoms with van der Waals surface area (Å²) >= 11 is 0. The predicted molar refractivity (Wildman–Crippen MR) is 97.2 cm³/mol. The third-order valence-electron chi connectivity index (χ3n) is 4.23. The molecule has 0 aromatic heterocycles. The minimum atomic E-state index is -0.466. The molecule has 0 saturated heterocycles. The minimum absolute atomic E-state index is 0.228. The molecular weight excluding hydrogens is 302 g/mol. The average Bonchev–Trinajstić information content (AvgIpc) is 2.52. The van der Waals surface area contributed by atoms with E-state index in [2.05, 4.69) is 26.0 Å². The summed E-state index contributed by atoms with van der Waals surface area (Å²) < 4.78 is 10.8. The van der Waals surface area contributed by atoms with Crippen molar-refractivity contribution in [2.45, 2.75) is 46.6 Å². The third-order valence-corrected chi connectivity index (χ3v) is 4.23. The number of amides is 1. The van der Waals surface area contributed by atoms with Crippen molar-refractivity contribution in [2.75, 3.05) is 20.2 Å². The summed E-state index contributed by atoms with van der Waals surface area (Å²) in [4.78, 5) is 14.2. The van der Waals surface area contributed by atoms with Gasteiger partial charge in [-0.1, -0.05) is 26.0 Å². The Morgan fingerprint density at radius 1 is 1.25 bits per heavy atom. The van der Waals surface area contributed by atoms with Crippen molar-refractivity contribution in [1.29, 1.82) is 0 Å². The fourth-order valence-corrected chi connectivity index (χ4v) is 3.18. The van der Waals surface area contributed by atoms with Gasteiger partial charge in [-0.25, -0.2) is 4.79 Å². The molecule has 1 amide bonds. The van der Waals surface area contributed by atoms with Crippen molar-refractivity contribution in [1.82, 2.24) is 4.90 Å². The van der Waals surface area contributed by atoms with E-state index in [0.29, 0.717) is 13.1 Å². The first kappa shape index (κ1) is 18.4. The van der Waals surface area contributed by atoms with Crippen LogP contribution in [0.2, 0.25) is 0 Å². The van der Waals surface area contributed by atoms with Crippen LogP contribution in [0.3, 0.4) is 0 Å². The Balaban J connectivity index is 2.26. The summed E-state index contributed by atoms with van der Waals surface area (Å²) in [5, 5.41) is 0. The maximum atomic E-state index is 12.4. The van der Waals surface area contributed by atoms with Gasteiger partial charge in [0.05, 0.1) is 7.11 Å². The van der Waals surface area contributed by atoms with Gasteiger partial charge in [-0.3, -0.25) is 0 Å². The van der Waals surface area contributed by atoms with Crippen molar-refractivity contribution < 1.29 is 14.3 Å². The summed E-state index contributed by atoms with van der Waals surface area (Å²) in [7, 11) is 1.67. The van der Waals surface area contributed by atoms with Crippen LogP contribution in [-0.4, -0.2) is 36.8 Å². The first-order chi connectivity index (χ1) is 11.2. The van der Waals surface area contributed by atoms with Crippen LogP contribution in [0.5, 0.6) is 5.75 Å². The van der Waals surface area contributed by atoms with Crippen LogP contribution in [0.1, 0.15) is 46.6 Å². The molecule has 0 radical (unpaired) electrons. The van der Waals surface area contributed by atoms with E-state index in [1.165, 1.54) is 16.7 Å². The number of carbonyl (C=O) groups excluding carboxylic acids is 1. The molecule has 0 fully saturated rings. The number of hydrogen-bond donors (Lipinski definition) is 0. The Morgan fingerprint density at radius 2 is 1.88 bits per heavy atom. The predicted octanol–water partition coefficient (Wildman–Crippen LogP) is 4.75. The standard InChI is InChI=1S/C20H29NO3/c1-7-15-13-21(19(22)24-20(3,4)5)12-14(2)18(15)16-8-10-17(23-6)11-9-16/h8-11,14H,7,12-13H2,1-6H3. The first-order valence-electron chi connectivity index (χ1n) is 8.59. The highest BCUT2D eigenvalue weighted by Gasteiger charge is 2.30. The molecule has 1 aromatic rings. The van der Waals surface area contributed by atoms with E-state index in [-0.39, 0.29) is 12.0 Å². The van der Waals surface area contributed by atoms with Gasteiger partial charge in [0.1, 0.15) is 11.4 Å². The van der Waals surface area contributed by atoms with Gasteiger partial charge < -0.3 is 14.4 Å². The summed E-state index contributed by atoms with van der Waals surface area (Å²) in [6.07, 6.45) is 0.694. The summed E-state index contributed by atoms with van der Waals surface area (Å²) in [5.41, 5.74) is 3.39. The van der Waals surface area contributed by atoms with Crippen molar-refractivity contribution >= 4 is 11.7 Å². The molecule has 0 spiro atoms. The topological polar surface area (TPSA) is 38.8 Å². The molecule has 1 heterocycles. The highest BCUT2D eigenvalue weighted by atomic mass is 16.6. The van der Waals surface area contributed by atoms with Gasteiger partial charge in [-0.15, -0.1) is 0 Å². The average molecular weight is 331 g/mol. The van der Waals surface area contributed by atoms with E-state index in [4.69, 9.17) is 9.47 Å². The number of carbonyl (C=O) groups is 1. The quantitative estimate of drug-likeness (QED) is 0.802. The summed E-state index contributed by atoms with van der Waals surface area (Å²) in [6, 6.07) is 8.18. The van der Waals surface area contributed by atoms with E-state index in [1.807, 2.05) is 37.8 Å². The molecule has 0 aliphatic carbocycles. The van der Waals surface area contributed by atoms with E-state index in [9.17, 15) is 4.79 Å². The Bertz CT molecular complexity index is 611. The van der Waals surface area contributed by atoms with Crippen molar-refractivity contribution in [3.8, 4) is 5.75 Å². The molecule has 4 nitrogen and oxygen atoms in total. The molecule has 4 heteroatoms. The maximum Gasteiger partial charge on any atom is 0.410 e. The lowest BCUT2D eigenvalue weighted by atomic mass is 9.85. The van der Waals surface area contributed by atoms with Gasteiger partial charge in [0.25, 0.3) is 0 Å². The highest BCUT2D eigenvalue weighted by Crippen LogP contribution is 2.34. The summed E-state index contributed by atoms with van der Waals surface area (Å²) in [5.74, 6) is 1.13. The van der Waals surface area contributed by atoms with Gasteiger partial charge in [0.15, 0.2) is 0 Å². The Labute approximate surface area is 145 Å². The van der Waals surface area contributed by atoms with Crippen LogP contribution >= 0.6 is 0 Å². The van der Waals surface area contributed by atoms with Crippen LogP contribution in [0.25, 0.3) is 5.57 Å². The van der Waals surface area contributed by atoms with Crippen LogP contribution in [-0.2, 0) is 4.74 Å². The lowest BCUT2D eigenvalue weighted by Gasteiger charge is -2.36. The van der Waals surface area contributed by atoms with E-state index in [0.717, 1.165) is 12.2 Å². The molecule has 2 rings (SSSR count). The molecule has 24 heavy (non-hydrogen) atoms. The number of nitrogens with zero attached hydrogens (tertiary/aromatic N) is 1. The van der Waals surface area contributed by atoms with Crippen LogP contribution in [0.15, 0.2) is 29.8 Å². The molecule has 0 bridgehead atoms.